The number of urea groups is 1. The number of unbranched alkanes of at least 4 members (excludes halogenated alkanes) is 24. The maximum Gasteiger partial charge on any atom is 0.317 e. The molecule has 0 bridgehead atoms. The molecule has 0 aromatic heterocycles. The predicted octanol–water partition coefficient (Wildman–Crippen LogP) is 13.9. The van der Waals surface area contributed by atoms with E-state index in [0.717, 1.165) is 103 Å². The Bertz CT molecular complexity index is 911. The molecule has 0 aromatic carbocycles. The second kappa shape index (κ2) is 41.9. The largest absolute Gasteiger partial charge is 0.466 e. The molecule has 0 radical (unpaired) electrons. The Balaban J connectivity index is 2.33. The summed E-state index contributed by atoms with van der Waals surface area (Å²) in [5, 5.41) is 3.19. The minimum absolute atomic E-state index is 0.0124. The maximum atomic E-state index is 13.2. The number of rotatable bonds is 43. The molecule has 1 rings (SSSR count). The zero-order valence-corrected chi connectivity index (χ0v) is 38.9. The van der Waals surface area contributed by atoms with E-state index in [1.807, 2.05) is 4.90 Å². The third kappa shape index (κ3) is 35.0. The monoisotopic (exact) mass is 820 g/mol. The lowest BCUT2D eigenvalue weighted by molar-refractivity contribution is -0.150. The van der Waals surface area contributed by atoms with E-state index in [2.05, 4.69) is 31.0 Å². The minimum atomic E-state index is -0.0819. The summed E-state index contributed by atoms with van der Waals surface area (Å²) in [6.07, 6.45) is 40.9. The Kier molecular flexibility index (Phi) is 39.1. The highest BCUT2D eigenvalue weighted by atomic mass is 16.5. The van der Waals surface area contributed by atoms with Crippen molar-refractivity contribution in [3.63, 3.8) is 0 Å². The van der Waals surface area contributed by atoms with Crippen LogP contribution in [0.15, 0.2) is 0 Å². The molecule has 0 saturated carbocycles. The molecular weight excluding hydrogens is 723 g/mol. The first-order chi connectivity index (χ1) is 28.5. The first kappa shape index (κ1) is 54.2. The molecule has 8 heteroatoms. The summed E-state index contributed by atoms with van der Waals surface area (Å²) < 4.78 is 11.6. The lowest BCUT2D eigenvalue weighted by Crippen LogP contribution is -2.42. The van der Waals surface area contributed by atoms with Gasteiger partial charge < -0.3 is 24.6 Å². The summed E-state index contributed by atoms with van der Waals surface area (Å²) in [7, 11) is 0. The number of hydrogen-bond donors (Lipinski definition) is 1. The molecule has 0 atom stereocenters. The SMILES string of the molecule is CCCCCCCCCCCOC(=O)CCCCCN(CCCCCCCC(=O)OC(CCCCCCCC)CCCCCCCC)C(=O)NCCCN1CCCC1. The molecule has 1 aliphatic heterocycles. The molecule has 8 nitrogen and oxygen atoms in total. The van der Waals surface area contributed by atoms with Crippen molar-refractivity contribution in [2.45, 2.75) is 258 Å². The maximum absolute atomic E-state index is 13.2. The smallest absolute Gasteiger partial charge is 0.317 e. The van der Waals surface area contributed by atoms with Crippen LogP contribution >= 0.6 is 0 Å². The van der Waals surface area contributed by atoms with Gasteiger partial charge >= 0.3 is 18.0 Å². The molecule has 1 N–H and O–H groups in total. The molecule has 0 aliphatic carbocycles. The third-order valence-electron chi connectivity index (χ3n) is 12.1. The predicted molar refractivity (Wildman–Crippen MR) is 245 cm³/mol. The summed E-state index contributed by atoms with van der Waals surface area (Å²) in [4.78, 5) is 42.8. The summed E-state index contributed by atoms with van der Waals surface area (Å²) in [6, 6.07) is 0.0426. The minimum Gasteiger partial charge on any atom is -0.466 e. The van der Waals surface area contributed by atoms with E-state index in [0.29, 0.717) is 26.0 Å². The molecule has 1 heterocycles. The standard InChI is InChI=1S/C50H97N3O5/c1-4-7-10-13-16-17-18-24-34-46-57-48(54)38-29-25-31-45-53(50(56)51-40-35-43-52-41-32-33-42-52)44-30-23-19-22-28-39-49(55)58-47(36-26-20-14-11-8-5-2)37-27-21-15-12-9-6-3/h47H,4-46H2,1-3H3,(H,51,56). The van der Waals surface area contributed by atoms with E-state index >= 15 is 0 Å². The number of carbonyl (C=O) groups is 3. The molecule has 0 spiro atoms. The highest BCUT2D eigenvalue weighted by Gasteiger charge is 2.16. The van der Waals surface area contributed by atoms with E-state index in [4.69, 9.17) is 9.47 Å². The van der Waals surface area contributed by atoms with Gasteiger partial charge in [-0.25, -0.2) is 4.79 Å². The van der Waals surface area contributed by atoms with Crippen LogP contribution in [0.25, 0.3) is 0 Å². The van der Waals surface area contributed by atoms with Gasteiger partial charge in [0.2, 0.25) is 0 Å². The lowest BCUT2D eigenvalue weighted by atomic mass is 10.0. The fourth-order valence-corrected chi connectivity index (χ4v) is 8.26. The number of amides is 2. The van der Waals surface area contributed by atoms with Crippen LogP contribution in [-0.4, -0.2) is 79.7 Å². The first-order valence-corrected chi connectivity index (χ1v) is 25.6. The molecule has 1 fully saturated rings. The van der Waals surface area contributed by atoms with Gasteiger partial charge in [-0.3, -0.25) is 9.59 Å². The van der Waals surface area contributed by atoms with E-state index in [1.54, 1.807) is 0 Å². The Hall–Kier alpha value is -1.83. The normalized spacial score (nSPS) is 13.0. The van der Waals surface area contributed by atoms with Gasteiger partial charge in [0.15, 0.2) is 0 Å². The van der Waals surface area contributed by atoms with Gasteiger partial charge in [0.1, 0.15) is 6.10 Å². The van der Waals surface area contributed by atoms with Crippen LogP contribution in [0.4, 0.5) is 4.79 Å². The molecule has 0 aromatic rings. The van der Waals surface area contributed by atoms with Crippen molar-refractivity contribution in [3.8, 4) is 0 Å². The average Bonchev–Trinajstić information content (AvgIpc) is 3.75. The van der Waals surface area contributed by atoms with Gasteiger partial charge in [-0.15, -0.1) is 0 Å². The summed E-state index contributed by atoms with van der Waals surface area (Å²) >= 11 is 0. The van der Waals surface area contributed by atoms with Crippen molar-refractivity contribution in [1.82, 2.24) is 15.1 Å². The fourth-order valence-electron chi connectivity index (χ4n) is 8.26. The Labute approximate surface area is 359 Å². The highest BCUT2D eigenvalue weighted by Crippen LogP contribution is 2.19. The van der Waals surface area contributed by atoms with Crippen LogP contribution < -0.4 is 5.32 Å². The van der Waals surface area contributed by atoms with Crippen molar-refractivity contribution in [2.24, 2.45) is 0 Å². The second-order valence-electron chi connectivity index (χ2n) is 17.7. The molecule has 1 aliphatic rings. The van der Waals surface area contributed by atoms with Crippen molar-refractivity contribution in [1.29, 1.82) is 0 Å². The molecule has 1 saturated heterocycles. The van der Waals surface area contributed by atoms with Gasteiger partial charge in [-0.05, 0) is 96.7 Å². The van der Waals surface area contributed by atoms with Crippen molar-refractivity contribution < 1.29 is 23.9 Å². The Morgan fingerprint density at radius 3 is 1.48 bits per heavy atom. The van der Waals surface area contributed by atoms with Gasteiger partial charge in [-0.1, -0.05) is 162 Å². The highest BCUT2D eigenvalue weighted by molar-refractivity contribution is 5.74. The first-order valence-electron chi connectivity index (χ1n) is 25.6. The van der Waals surface area contributed by atoms with Crippen LogP contribution in [-0.2, 0) is 19.1 Å². The molecule has 0 unspecified atom stereocenters. The summed E-state index contributed by atoms with van der Waals surface area (Å²) in [5.41, 5.74) is 0. The van der Waals surface area contributed by atoms with E-state index < -0.39 is 0 Å². The van der Waals surface area contributed by atoms with Crippen molar-refractivity contribution in [3.05, 3.63) is 0 Å². The van der Waals surface area contributed by atoms with Gasteiger partial charge in [0, 0.05) is 32.5 Å². The second-order valence-corrected chi connectivity index (χ2v) is 17.7. The molecular formula is C50H97N3O5. The molecule has 342 valence electrons. The van der Waals surface area contributed by atoms with Crippen LogP contribution in [0.3, 0.4) is 0 Å². The van der Waals surface area contributed by atoms with Crippen molar-refractivity contribution in [2.75, 3.05) is 45.9 Å². The van der Waals surface area contributed by atoms with Crippen LogP contribution in [0.1, 0.15) is 252 Å². The number of nitrogens with one attached hydrogen (secondary N) is 1. The zero-order valence-electron chi connectivity index (χ0n) is 38.9. The molecule has 58 heavy (non-hydrogen) atoms. The topological polar surface area (TPSA) is 88.2 Å². The number of hydrogen-bond acceptors (Lipinski definition) is 6. The molecule has 2 amide bonds. The van der Waals surface area contributed by atoms with Crippen LogP contribution in [0.5, 0.6) is 0 Å². The van der Waals surface area contributed by atoms with Crippen molar-refractivity contribution >= 4 is 18.0 Å². The Morgan fingerprint density at radius 2 is 0.948 bits per heavy atom. The third-order valence-corrected chi connectivity index (χ3v) is 12.1. The lowest BCUT2D eigenvalue weighted by Gasteiger charge is -2.24. The average molecular weight is 820 g/mol. The number of nitrogens with zero attached hydrogens (tertiary/aromatic N) is 2. The van der Waals surface area contributed by atoms with Crippen LogP contribution in [0, 0.1) is 0 Å². The summed E-state index contributed by atoms with van der Waals surface area (Å²) in [5.74, 6) is -0.0943. The number of esters is 2. The van der Waals surface area contributed by atoms with E-state index in [1.165, 1.54) is 148 Å². The zero-order chi connectivity index (χ0) is 42.0. The van der Waals surface area contributed by atoms with Gasteiger partial charge in [0.25, 0.3) is 0 Å². The quantitative estimate of drug-likeness (QED) is 0.0487. The number of likely N-dealkylation sites (tertiary alicyclic amines) is 1. The van der Waals surface area contributed by atoms with E-state index in [-0.39, 0.29) is 24.1 Å². The van der Waals surface area contributed by atoms with E-state index in [9.17, 15) is 14.4 Å². The summed E-state index contributed by atoms with van der Waals surface area (Å²) in [6.45, 7) is 12.9. The number of ether oxygens (including phenoxy) is 2. The van der Waals surface area contributed by atoms with Crippen LogP contribution in [0.2, 0.25) is 0 Å². The number of carbonyl (C=O) groups excluding carboxylic acids is 3. The Morgan fingerprint density at radius 1 is 0.517 bits per heavy atom. The van der Waals surface area contributed by atoms with Gasteiger partial charge in [-0.2, -0.15) is 0 Å². The fraction of sp³-hybridized carbons (Fsp3) is 0.940. The van der Waals surface area contributed by atoms with Gasteiger partial charge in [0.05, 0.1) is 6.61 Å².